The van der Waals surface area contributed by atoms with Gasteiger partial charge in [-0.3, -0.25) is 0 Å². The SMILES string of the molecule is CCc1ncc(CNC(CC)CC)s1. The van der Waals surface area contributed by atoms with Crippen LogP contribution in [-0.2, 0) is 13.0 Å². The third kappa shape index (κ3) is 3.39. The van der Waals surface area contributed by atoms with E-state index in [1.807, 2.05) is 17.5 Å². The van der Waals surface area contributed by atoms with Gasteiger partial charge < -0.3 is 5.32 Å². The van der Waals surface area contributed by atoms with Gasteiger partial charge in [0.25, 0.3) is 0 Å². The fourth-order valence-corrected chi connectivity index (χ4v) is 2.23. The number of nitrogens with one attached hydrogen (secondary N) is 1. The zero-order valence-electron chi connectivity index (χ0n) is 9.34. The van der Waals surface area contributed by atoms with Gasteiger partial charge in [0.2, 0.25) is 0 Å². The van der Waals surface area contributed by atoms with Gasteiger partial charge in [-0.25, -0.2) is 4.98 Å². The lowest BCUT2D eigenvalue weighted by molar-refractivity contribution is 0.486. The highest BCUT2D eigenvalue weighted by Crippen LogP contribution is 2.13. The fraction of sp³-hybridized carbons (Fsp3) is 0.727. The van der Waals surface area contributed by atoms with Crippen molar-refractivity contribution in [2.24, 2.45) is 0 Å². The highest BCUT2D eigenvalue weighted by Gasteiger charge is 2.04. The number of rotatable bonds is 6. The summed E-state index contributed by atoms with van der Waals surface area (Å²) in [5.41, 5.74) is 0. The van der Waals surface area contributed by atoms with E-state index in [1.165, 1.54) is 22.7 Å². The molecule has 0 saturated carbocycles. The van der Waals surface area contributed by atoms with E-state index in [9.17, 15) is 0 Å². The first-order chi connectivity index (χ1) is 6.80. The van der Waals surface area contributed by atoms with Crippen LogP contribution in [0.5, 0.6) is 0 Å². The minimum Gasteiger partial charge on any atom is -0.309 e. The van der Waals surface area contributed by atoms with Crippen LogP contribution in [0, 0.1) is 0 Å². The molecule has 3 heteroatoms. The Morgan fingerprint density at radius 1 is 1.36 bits per heavy atom. The quantitative estimate of drug-likeness (QED) is 0.784. The molecule has 2 nitrogen and oxygen atoms in total. The Kier molecular flexibility index (Phi) is 5.12. The molecule has 0 amide bonds. The molecule has 0 aliphatic carbocycles. The van der Waals surface area contributed by atoms with Crippen LogP contribution in [0.25, 0.3) is 0 Å². The van der Waals surface area contributed by atoms with Gasteiger partial charge in [-0.15, -0.1) is 11.3 Å². The first-order valence-corrected chi connectivity index (χ1v) is 6.28. The highest BCUT2D eigenvalue weighted by atomic mass is 32.1. The van der Waals surface area contributed by atoms with E-state index < -0.39 is 0 Å². The second-order valence-corrected chi connectivity index (χ2v) is 4.67. The molecule has 1 N–H and O–H groups in total. The van der Waals surface area contributed by atoms with E-state index in [0.717, 1.165) is 13.0 Å². The highest BCUT2D eigenvalue weighted by molar-refractivity contribution is 7.11. The molecule has 14 heavy (non-hydrogen) atoms. The van der Waals surface area contributed by atoms with E-state index in [4.69, 9.17) is 0 Å². The second kappa shape index (κ2) is 6.14. The summed E-state index contributed by atoms with van der Waals surface area (Å²) in [5.74, 6) is 0. The van der Waals surface area contributed by atoms with Crippen LogP contribution < -0.4 is 5.32 Å². The maximum Gasteiger partial charge on any atom is 0.0925 e. The van der Waals surface area contributed by atoms with Crippen LogP contribution >= 0.6 is 11.3 Å². The molecule has 80 valence electrons. The van der Waals surface area contributed by atoms with Gasteiger partial charge in [-0.2, -0.15) is 0 Å². The molecule has 0 saturated heterocycles. The number of hydrogen-bond acceptors (Lipinski definition) is 3. The molecule has 0 spiro atoms. The van der Waals surface area contributed by atoms with Crippen molar-refractivity contribution in [1.82, 2.24) is 10.3 Å². The van der Waals surface area contributed by atoms with Crippen molar-refractivity contribution in [3.8, 4) is 0 Å². The summed E-state index contributed by atoms with van der Waals surface area (Å²) in [7, 11) is 0. The lowest BCUT2D eigenvalue weighted by atomic mass is 10.2. The van der Waals surface area contributed by atoms with Crippen molar-refractivity contribution >= 4 is 11.3 Å². The van der Waals surface area contributed by atoms with Crippen LogP contribution in [0.4, 0.5) is 0 Å². The zero-order chi connectivity index (χ0) is 10.4. The Labute approximate surface area is 90.8 Å². The summed E-state index contributed by atoms with van der Waals surface area (Å²) < 4.78 is 0. The summed E-state index contributed by atoms with van der Waals surface area (Å²) in [6.45, 7) is 7.58. The summed E-state index contributed by atoms with van der Waals surface area (Å²) in [4.78, 5) is 5.70. The van der Waals surface area contributed by atoms with Crippen molar-refractivity contribution in [3.05, 3.63) is 16.1 Å². The van der Waals surface area contributed by atoms with Crippen LogP contribution in [0.1, 0.15) is 43.5 Å². The molecule has 0 radical (unpaired) electrons. The minimum atomic E-state index is 0.655. The molecule has 1 aromatic heterocycles. The van der Waals surface area contributed by atoms with Crippen LogP contribution in [0.15, 0.2) is 6.20 Å². The Bertz CT molecular complexity index is 254. The van der Waals surface area contributed by atoms with Gasteiger partial charge in [0.05, 0.1) is 5.01 Å². The predicted molar refractivity (Wildman–Crippen MR) is 62.7 cm³/mol. The minimum absolute atomic E-state index is 0.655. The van der Waals surface area contributed by atoms with Gasteiger partial charge >= 0.3 is 0 Å². The van der Waals surface area contributed by atoms with Crippen molar-refractivity contribution in [2.45, 2.75) is 52.6 Å². The average Bonchev–Trinajstić information content (AvgIpc) is 2.67. The fourth-order valence-electron chi connectivity index (χ4n) is 1.42. The zero-order valence-corrected chi connectivity index (χ0v) is 10.2. The van der Waals surface area contributed by atoms with Crippen LogP contribution in [0.2, 0.25) is 0 Å². The van der Waals surface area contributed by atoms with E-state index in [2.05, 4.69) is 31.1 Å². The first-order valence-electron chi connectivity index (χ1n) is 5.47. The summed E-state index contributed by atoms with van der Waals surface area (Å²) >= 11 is 1.82. The maximum absolute atomic E-state index is 4.34. The summed E-state index contributed by atoms with van der Waals surface area (Å²) in [6, 6.07) is 0.655. The number of aryl methyl sites for hydroxylation is 1. The molecule has 0 atom stereocenters. The lowest BCUT2D eigenvalue weighted by Crippen LogP contribution is -2.26. The Balaban J connectivity index is 2.37. The first kappa shape index (κ1) is 11.7. The van der Waals surface area contributed by atoms with E-state index in [-0.39, 0.29) is 0 Å². The van der Waals surface area contributed by atoms with Crippen molar-refractivity contribution in [3.63, 3.8) is 0 Å². The van der Waals surface area contributed by atoms with E-state index in [0.29, 0.717) is 6.04 Å². The number of nitrogens with zero attached hydrogens (tertiary/aromatic N) is 1. The van der Waals surface area contributed by atoms with Gasteiger partial charge in [-0.05, 0) is 19.3 Å². The van der Waals surface area contributed by atoms with Gasteiger partial charge in [0.15, 0.2) is 0 Å². The number of hydrogen-bond donors (Lipinski definition) is 1. The summed E-state index contributed by atoms with van der Waals surface area (Å²) in [5, 5.41) is 4.79. The molecular weight excluding hydrogens is 192 g/mol. The molecular formula is C11H20N2S. The van der Waals surface area contributed by atoms with Crippen LogP contribution in [0.3, 0.4) is 0 Å². The van der Waals surface area contributed by atoms with Crippen LogP contribution in [-0.4, -0.2) is 11.0 Å². The van der Waals surface area contributed by atoms with Crippen molar-refractivity contribution in [1.29, 1.82) is 0 Å². The van der Waals surface area contributed by atoms with Crippen molar-refractivity contribution in [2.75, 3.05) is 0 Å². The maximum atomic E-state index is 4.34. The molecule has 1 rings (SSSR count). The number of thiazole rings is 1. The van der Waals surface area contributed by atoms with E-state index >= 15 is 0 Å². The average molecular weight is 212 g/mol. The molecule has 0 aliphatic rings. The van der Waals surface area contributed by atoms with Crippen molar-refractivity contribution < 1.29 is 0 Å². The van der Waals surface area contributed by atoms with E-state index in [1.54, 1.807) is 0 Å². The third-order valence-electron chi connectivity index (χ3n) is 2.45. The Hall–Kier alpha value is -0.410. The number of aromatic nitrogens is 1. The molecule has 0 aromatic carbocycles. The molecule has 0 unspecified atom stereocenters. The van der Waals surface area contributed by atoms with Gasteiger partial charge in [0.1, 0.15) is 0 Å². The normalized spacial score (nSPS) is 11.1. The summed E-state index contributed by atoms with van der Waals surface area (Å²) in [6.07, 6.45) is 5.46. The van der Waals surface area contributed by atoms with Gasteiger partial charge in [0, 0.05) is 23.7 Å². The lowest BCUT2D eigenvalue weighted by Gasteiger charge is -2.13. The standard InChI is InChI=1S/C11H20N2S/c1-4-9(5-2)12-7-10-8-13-11(6-3)14-10/h8-9,12H,4-7H2,1-3H3. The monoisotopic (exact) mass is 212 g/mol. The topological polar surface area (TPSA) is 24.9 Å². The van der Waals surface area contributed by atoms with Gasteiger partial charge in [-0.1, -0.05) is 20.8 Å². The molecule has 1 heterocycles. The molecule has 1 aromatic rings. The largest absolute Gasteiger partial charge is 0.309 e. The Morgan fingerprint density at radius 3 is 2.57 bits per heavy atom. The predicted octanol–water partition coefficient (Wildman–Crippen LogP) is 2.98. The molecule has 0 fully saturated rings. The molecule has 0 aliphatic heterocycles. The third-order valence-corrected chi connectivity index (χ3v) is 3.60. The Morgan fingerprint density at radius 2 is 2.07 bits per heavy atom. The smallest absolute Gasteiger partial charge is 0.0925 e. The second-order valence-electron chi connectivity index (χ2n) is 3.47. The molecule has 0 bridgehead atoms.